The highest BCUT2D eigenvalue weighted by molar-refractivity contribution is 7.16. The van der Waals surface area contributed by atoms with Gasteiger partial charge in [-0.3, -0.25) is 4.79 Å². The molecule has 2 aromatic heterocycles. The Bertz CT molecular complexity index is 944. The van der Waals surface area contributed by atoms with Crippen molar-refractivity contribution in [2.24, 2.45) is 4.99 Å². The molecule has 0 aliphatic carbocycles. The molecule has 9 heteroatoms. The van der Waals surface area contributed by atoms with Gasteiger partial charge in [-0.1, -0.05) is 27.4 Å². The van der Waals surface area contributed by atoms with E-state index in [2.05, 4.69) is 14.6 Å². The summed E-state index contributed by atoms with van der Waals surface area (Å²) in [6.07, 6.45) is 0. The van der Waals surface area contributed by atoms with Gasteiger partial charge in [0.2, 0.25) is 0 Å². The van der Waals surface area contributed by atoms with E-state index < -0.39 is 0 Å². The molecule has 3 rings (SSSR count). The second kappa shape index (κ2) is 7.52. The first-order valence-electron chi connectivity index (χ1n) is 7.34. The van der Waals surface area contributed by atoms with Crippen molar-refractivity contribution in [3.63, 3.8) is 0 Å². The second-order valence-electron chi connectivity index (χ2n) is 4.95. The first kappa shape index (κ1) is 17.2. The summed E-state index contributed by atoms with van der Waals surface area (Å²) in [4.78, 5) is 17.8. The number of carbonyl (C=O) groups is 1. The van der Waals surface area contributed by atoms with Crippen LogP contribution in [0.5, 0.6) is 0 Å². The number of hydrogen-bond donors (Lipinski definition) is 0. The van der Waals surface area contributed by atoms with Crippen LogP contribution < -0.4 is 4.80 Å². The Hall–Kier alpha value is -1.61. The Morgan fingerprint density at radius 2 is 2.29 bits per heavy atom. The topological polar surface area (TPSA) is 69.4 Å². The van der Waals surface area contributed by atoms with Crippen molar-refractivity contribution in [1.29, 1.82) is 0 Å². The van der Waals surface area contributed by atoms with Crippen LogP contribution >= 0.6 is 34.5 Å². The fraction of sp³-hybridized carbons (Fsp3) is 0.333. The smallest absolute Gasteiger partial charge is 0.293 e. The minimum Gasteiger partial charge on any atom is -0.380 e. The van der Waals surface area contributed by atoms with Gasteiger partial charge in [0, 0.05) is 18.2 Å². The van der Waals surface area contributed by atoms with Gasteiger partial charge in [0.25, 0.3) is 5.91 Å². The second-order valence-corrected chi connectivity index (χ2v) is 7.15. The molecule has 3 aromatic rings. The third kappa shape index (κ3) is 3.56. The largest absolute Gasteiger partial charge is 0.380 e. The number of hydrogen-bond acceptors (Lipinski definition) is 6. The van der Waals surface area contributed by atoms with E-state index in [1.54, 1.807) is 6.92 Å². The van der Waals surface area contributed by atoms with Crippen LogP contribution in [0.1, 0.15) is 22.3 Å². The Balaban J connectivity index is 2.08. The van der Waals surface area contributed by atoms with Gasteiger partial charge in [-0.15, -0.1) is 5.10 Å². The van der Waals surface area contributed by atoms with Gasteiger partial charge in [-0.05, 0) is 43.6 Å². The molecule has 0 saturated heterocycles. The average molecular weight is 383 g/mol. The van der Waals surface area contributed by atoms with E-state index in [1.807, 2.05) is 29.7 Å². The standard InChI is InChI=1S/C15H15ClN4O2S2/c1-3-22-7-6-20-11-5-4-10(16)8-12(11)23-15(20)17-14(21)13-9(2)18-19-24-13/h4-5,8H,3,6-7H2,1-2H3. The van der Waals surface area contributed by atoms with Gasteiger partial charge in [-0.2, -0.15) is 4.99 Å². The number of aromatic nitrogens is 3. The fourth-order valence-corrected chi connectivity index (χ4v) is 4.09. The monoisotopic (exact) mass is 382 g/mol. The number of carbonyl (C=O) groups excluding carboxylic acids is 1. The van der Waals surface area contributed by atoms with Crippen LogP contribution in [-0.4, -0.2) is 33.3 Å². The first-order valence-corrected chi connectivity index (χ1v) is 9.31. The molecule has 2 heterocycles. The number of halogens is 1. The van der Waals surface area contributed by atoms with Crippen molar-refractivity contribution >= 4 is 50.6 Å². The molecule has 1 aromatic carbocycles. The normalized spacial score (nSPS) is 12.2. The summed E-state index contributed by atoms with van der Waals surface area (Å²) in [5.41, 5.74) is 1.58. The van der Waals surface area contributed by atoms with Gasteiger partial charge < -0.3 is 9.30 Å². The van der Waals surface area contributed by atoms with Crippen LogP contribution in [0.15, 0.2) is 23.2 Å². The van der Waals surface area contributed by atoms with E-state index in [0.29, 0.717) is 40.2 Å². The molecule has 0 saturated carbocycles. The van der Waals surface area contributed by atoms with Crippen molar-refractivity contribution in [3.05, 3.63) is 38.6 Å². The Labute approximate surface area is 151 Å². The molecule has 0 atom stereocenters. The first-order chi connectivity index (χ1) is 11.6. The number of fused-ring (bicyclic) bond motifs is 1. The zero-order valence-corrected chi connectivity index (χ0v) is 15.5. The molecule has 0 N–H and O–H groups in total. The summed E-state index contributed by atoms with van der Waals surface area (Å²) in [6, 6.07) is 5.64. The summed E-state index contributed by atoms with van der Waals surface area (Å²) >= 11 is 8.56. The molecule has 0 fully saturated rings. The van der Waals surface area contributed by atoms with Crippen LogP contribution in [-0.2, 0) is 11.3 Å². The predicted octanol–water partition coefficient (Wildman–Crippen LogP) is 3.29. The maximum atomic E-state index is 12.4. The predicted molar refractivity (Wildman–Crippen MR) is 95.9 cm³/mol. The molecular formula is C15H15ClN4O2S2. The molecule has 0 unspecified atom stereocenters. The Kier molecular flexibility index (Phi) is 5.40. The van der Waals surface area contributed by atoms with Gasteiger partial charge in [0.05, 0.1) is 22.5 Å². The van der Waals surface area contributed by atoms with Crippen molar-refractivity contribution in [2.75, 3.05) is 13.2 Å². The summed E-state index contributed by atoms with van der Waals surface area (Å²) in [5, 5.41) is 4.52. The van der Waals surface area contributed by atoms with Crippen LogP contribution in [0.25, 0.3) is 10.2 Å². The van der Waals surface area contributed by atoms with Crippen LogP contribution in [0, 0.1) is 6.92 Å². The number of amides is 1. The number of thiazole rings is 1. The highest BCUT2D eigenvalue weighted by Gasteiger charge is 2.14. The molecule has 0 aliphatic rings. The van der Waals surface area contributed by atoms with Crippen molar-refractivity contribution in [1.82, 2.24) is 14.2 Å². The van der Waals surface area contributed by atoms with Crippen molar-refractivity contribution in [2.45, 2.75) is 20.4 Å². The lowest BCUT2D eigenvalue weighted by Crippen LogP contribution is -2.19. The van der Waals surface area contributed by atoms with Crippen molar-refractivity contribution in [3.8, 4) is 0 Å². The summed E-state index contributed by atoms with van der Waals surface area (Å²) in [6.45, 7) is 5.51. The highest BCUT2D eigenvalue weighted by atomic mass is 35.5. The van der Waals surface area contributed by atoms with Crippen LogP contribution in [0.3, 0.4) is 0 Å². The van der Waals surface area contributed by atoms with E-state index in [0.717, 1.165) is 21.7 Å². The average Bonchev–Trinajstić information content (AvgIpc) is 3.11. The lowest BCUT2D eigenvalue weighted by atomic mass is 10.3. The van der Waals surface area contributed by atoms with Gasteiger partial charge in [0.1, 0.15) is 4.88 Å². The molecular weight excluding hydrogens is 368 g/mol. The molecule has 1 amide bonds. The van der Waals surface area contributed by atoms with E-state index in [4.69, 9.17) is 16.3 Å². The van der Waals surface area contributed by atoms with E-state index in [9.17, 15) is 4.79 Å². The summed E-state index contributed by atoms with van der Waals surface area (Å²) in [7, 11) is 0. The molecule has 24 heavy (non-hydrogen) atoms. The SMILES string of the molecule is CCOCCn1c(=NC(=O)c2snnc2C)sc2cc(Cl)ccc21. The maximum absolute atomic E-state index is 12.4. The highest BCUT2D eigenvalue weighted by Crippen LogP contribution is 2.22. The molecule has 6 nitrogen and oxygen atoms in total. The third-order valence-electron chi connectivity index (χ3n) is 3.35. The Morgan fingerprint density at radius 1 is 1.46 bits per heavy atom. The van der Waals surface area contributed by atoms with Crippen LogP contribution in [0.4, 0.5) is 0 Å². The maximum Gasteiger partial charge on any atom is 0.293 e. The zero-order chi connectivity index (χ0) is 17.1. The molecule has 0 radical (unpaired) electrons. The van der Waals surface area contributed by atoms with E-state index in [-0.39, 0.29) is 5.91 Å². The summed E-state index contributed by atoms with van der Waals surface area (Å²) in [5.74, 6) is -0.328. The minimum absolute atomic E-state index is 0.328. The number of rotatable bonds is 5. The van der Waals surface area contributed by atoms with Crippen molar-refractivity contribution < 1.29 is 9.53 Å². The molecule has 0 bridgehead atoms. The Morgan fingerprint density at radius 3 is 3.00 bits per heavy atom. The minimum atomic E-state index is -0.328. The molecule has 0 spiro atoms. The number of ether oxygens (including phenoxy) is 1. The van der Waals surface area contributed by atoms with E-state index >= 15 is 0 Å². The van der Waals surface area contributed by atoms with Crippen LogP contribution in [0.2, 0.25) is 5.02 Å². The van der Waals surface area contributed by atoms with Gasteiger partial charge in [-0.25, -0.2) is 0 Å². The van der Waals surface area contributed by atoms with E-state index in [1.165, 1.54) is 11.3 Å². The number of aryl methyl sites for hydroxylation is 1. The number of benzene rings is 1. The quantitative estimate of drug-likeness (QED) is 0.635. The number of nitrogens with zero attached hydrogens (tertiary/aromatic N) is 4. The third-order valence-corrected chi connectivity index (χ3v) is 5.44. The summed E-state index contributed by atoms with van der Waals surface area (Å²) < 4.78 is 12.2. The zero-order valence-electron chi connectivity index (χ0n) is 13.2. The fourth-order valence-electron chi connectivity index (χ4n) is 2.21. The lowest BCUT2D eigenvalue weighted by molar-refractivity contribution is 0.0999. The molecule has 0 aliphatic heterocycles. The van der Waals surface area contributed by atoms with Gasteiger partial charge >= 0.3 is 0 Å². The van der Waals surface area contributed by atoms with Gasteiger partial charge in [0.15, 0.2) is 4.80 Å². The molecule has 126 valence electrons. The lowest BCUT2D eigenvalue weighted by Gasteiger charge is -2.05.